The molecule has 0 aromatic rings. The monoisotopic (exact) mass is 121 g/mol. The summed E-state index contributed by atoms with van der Waals surface area (Å²) >= 11 is 0. The molecule has 0 radical (unpaired) electrons. The number of hydrogen-bond acceptors (Lipinski definition) is 1. The van der Waals surface area contributed by atoms with Gasteiger partial charge in [-0.2, -0.15) is 0 Å². The predicted molar refractivity (Wildman–Crippen MR) is 32.4 cm³/mol. The molecule has 0 heterocycles. The maximum atomic E-state index is 12.3. The van der Waals surface area contributed by atoms with Crippen LogP contribution in [0.2, 0.25) is 5.54 Å². The highest BCUT2D eigenvalue weighted by molar-refractivity contribution is 6.49. The molecule has 0 amide bonds. The Morgan fingerprint density at radius 3 is 2.00 bits per heavy atom. The normalized spacial score (nSPS) is 15.0. The van der Waals surface area contributed by atoms with Crippen LogP contribution >= 0.6 is 0 Å². The van der Waals surface area contributed by atoms with Gasteiger partial charge in [-0.3, -0.25) is 4.11 Å². The van der Waals surface area contributed by atoms with Gasteiger partial charge in [-0.05, 0) is 12.6 Å². The molecule has 0 aromatic heterocycles. The second-order valence-corrected chi connectivity index (χ2v) is 4.65. The van der Waals surface area contributed by atoms with Crippen molar-refractivity contribution < 1.29 is 4.11 Å². The topological polar surface area (TPSA) is 12.0 Å². The van der Waals surface area contributed by atoms with E-state index in [9.17, 15) is 4.11 Å². The van der Waals surface area contributed by atoms with Gasteiger partial charge in [0.1, 0.15) is 0 Å². The summed E-state index contributed by atoms with van der Waals surface area (Å²) in [5.74, 6) is 0. The third-order valence-corrected chi connectivity index (χ3v) is 2.58. The van der Waals surface area contributed by atoms with Crippen molar-refractivity contribution in [1.82, 2.24) is 4.98 Å². The Morgan fingerprint density at radius 2 is 2.00 bits per heavy atom. The molecule has 0 saturated heterocycles. The second kappa shape index (κ2) is 3.15. The smallest absolute Gasteiger partial charge is 0.306 e. The fraction of sp³-hybridized carbons (Fsp3) is 1.00. The van der Waals surface area contributed by atoms with Crippen LogP contribution in [0.1, 0.15) is 13.8 Å². The molecule has 0 fully saturated rings. The standard InChI is InChI=1S/C4H12FNSi/c1-4(2)7(5)6-3/h4,6-7H,1-3H3. The van der Waals surface area contributed by atoms with E-state index in [1.807, 2.05) is 13.8 Å². The zero-order valence-electron chi connectivity index (χ0n) is 5.03. The van der Waals surface area contributed by atoms with E-state index in [4.69, 9.17) is 0 Å². The van der Waals surface area contributed by atoms with Gasteiger partial charge in [0.25, 0.3) is 0 Å². The summed E-state index contributed by atoms with van der Waals surface area (Å²) in [7, 11) is -0.327. The minimum Gasteiger partial charge on any atom is -0.317 e. The molecule has 0 aliphatic heterocycles. The lowest BCUT2D eigenvalue weighted by molar-refractivity contribution is 0.741. The molecule has 1 N–H and O–H groups in total. The van der Waals surface area contributed by atoms with Crippen molar-refractivity contribution in [3.63, 3.8) is 0 Å². The van der Waals surface area contributed by atoms with Crippen molar-refractivity contribution >= 4 is 9.29 Å². The van der Waals surface area contributed by atoms with Crippen molar-refractivity contribution in [1.29, 1.82) is 0 Å². The van der Waals surface area contributed by atoms with Crippen molar-refractivity contribution in [2.75, 3.05) is 7.05 Å². The molecule has 0 bridgehead atoms. The quantitative estimate of drug-likeness (QED) is 0.421. The van der Waals surface area contributed by atoms with Gasteiger partial charge in [0.05, 0.1) is 0 Å². The zero-order valence-corrected chi connectivity index (χ0v) is 6.19. The number of halogens is 1. The average molecular weight is 121 g/mol. The Labute approximate surface area is 45.8 Å². The molecule has 0 aliphatic rings. The zero-order chi connectivity index (χ0) is 5.86. The highest BCUT2D eigenvalue weighted by Crippen LogP contribution is 2.03. The molecule has 1 atom stereocenters. The summed E-state index contributed by atoms with van der Waals surface area (Å²) in [6.45, 7) is 3.79. The Bertz CT molecular complexity index is 49.0. The fourth-order valence-corrected chi connectivity index (χ4v) is 1.00. The van der Waals surface area contributed by atoms with Crippen LogP contribution in [0.15, 0.2) is 0 Å². The van der Waals surface area contributed by atoms with E-state index < -0.39 is 9.29 Å². The summed E-state index contributed by atoms with van der Waals surface area (Å²) in [5, 5.41) is 0. The lowest BCUT2D eigenvalue weighted by Gasteiger charge is -2.05. The lowest BCUT2D eigenvalue weighted by atomic mass is 10.6. The first-order valence-electron chi connectivity index (χ1n) is 2.49. The lowest BCUT2D eigenvalue weighted by Crippen LogP contribution is -2.27. The third kappa shape index (κ3) is 2.76. The van der Waals surface area contributed by atoms with E-state index in [1.54, 1.807) is 7.05 Å². The van der Waals surface area contributed by atoms with Crippen molar-refractivity contribution in [3.8, 4) is 0 Å². The van der Waals surface area contributed by atoms with Crippen LogP contribution in [-0.2, 0) is 0 Å². The molecule has 0 aromatic carbocycles. The largest absolute Gasteiger partial charge is 0.317 e. The molecule has 1 unspecified atom stereocenters. The molecule has 0 aliphatic carbocycles. The van der Waals surface area contributed by atoms with Gasteiger partial charge in [-0.15, -0.1) is 0 Å². The molecular formula is C4H12FNSi. The molecule has 0 rings (SSSR count). The minimum atomic E-state index is -2.00. The van der Waals surface area contributed by atoms with Crippen LogP contribution in [-0.4, -0.2) is 16.3 Å². The van der Waals surface area contributed by atoms with Crippen LogP contribution in [0, 0.1) is 0 Å². The molecule has 1 nitrogen and oxygen atoms in total. The molecule has 0 spiro atoms. The van der Waals surface area contributed by atoms with E-state index in [0.29, 0.717) is 0 Å². The van der Waals surface area contributed by atoms with Crippen LogP contribution < -0.4 is 4.98 Å². The molecule has 3 heteroatoms. The molecule has 7 heavy (non-hydrogen) atoms. The maximum Gasteiger partial charge on any atom is 0.306 e. The summed E-state index contributed by atoms with van der Waals surface area (Å²) in [6.07, 6.45) is 0. The van der Waals surface area contributed by atoms with Gasteiger partial charge in [0.15, 0.2) is 0 Å². The predicted octanol–water partition coefficient (Wildman–Crippen LogP) is 0.806. The third-order valence-electron chi connectivity index (χ3n) is 0.861. The van der Waals surface area contributed by atoms with Gasteiger partial charge in [-0.1, -0.05) is 13.8 Å². The van der Waals surface area contributed by atoms with Gasteiger partial charge < -0.3 is 4.98 Å². The van der Waals surface area contributed by atoms with E-state index in [2.05, 4.69) is 4.98 Å². The molecule has 44 valence electrons. The first-order chi connectivity index (χ1) is 3.18. The number of hydrogen-bond donors (Lipinski definition) is 1. The Hall–Kier alpha value is 0.107. The van der Waals surface area contributed by atoms with E-state index in [1.165, 1.54) is 0 Å². The van der Waals surface area contributed by atoms with E-state index in [0.717, 1.165) is 0 Å². The second-order valence-electron chi connectivity index (χ2n) is 1.93. The summed E-state index contributed by atoms with van der Waals surface area (Å²) in [4.78, 5) is 2.64. The van der Waals surface area contributed by atoms with E-state index in [-0.39, 0.29) is 5.54 Å². The summed E-state index contributed by atoms with van der Waals surface area (Å²) in [6, 6.07) is 0. The van der Waals surface area contributed by atoms with Crippen LogP contribution in [0.25, 0.3) is 0 Å². The van der Waals surface area contributed by atoms with Crippen LogP contribution in [0.5, 0.6) is 0 Å². The summed E-state index contributed by atoms with van der Waals surface area (Å²) in [5.41, 5.74) is 0.227. The number of nitrogens with one attached hydrogen (secondary N) is 1. The van der Waals surface area contributed by atoms with Gasteiger partial charge in [0.2, 0.25) is 0 Å². The fourth-order valence-electron chi connectivity index (χ4n) is 0.333. The average Bonchev–Trinajstić information content (AvgIpc) is 1.65. The van der Waals surface area contributed by atoms with Gasteiger partial charge in [-0.25, -0.2) is 0 Å². The maximum absolute atomic E-state index is 12.3. The van der Waals surface area contributed by atoms with Gasteiger partial charge in [0, 0.05) is 0 Å². The minimum absolute atomic E-state index is 0.227. The highest BCUT2D eigenvalue weighted by Gasteiger charge is 2.09. The Morgan fingerprint density at radius 1 is 1.57 bits per heavy atom. The summed E-state index contributed by atoms with van der Waals surface area (Å²) < 4.78 is 12.3. The number of rotatable bonds is 2. The van der Waals surface area contributed by atoms with Crippen LogP contribution in [0.3, 0.4) is 0 Å². The van der Waals surface area contributed by atoms with Crippen molar-refractivity contribution in [2.24, 2.45) is 0 Å². The SMILES string of the molecule is CN[SiH](F)C(C)C. The van der Waals surface area contributed by atoms with Crippen molar-refractivity contribution in [3.05, 3.63) is 0 Å². The van der Waals surface area contributed by atoms with Crippen LogP contribution in [0.4, 0.5) is 4.11 Å². The first-order valence-corrected chi connectivity index (χ1v) is 4.18. The Balaban J connectivity index is 3.14. The van der Waals surface area contributed by atoms with Gasteiger partial charge >= 0.3 is 9.29 Å². The first kappa shape index (κ1) is 7.11. The van der Waals surface area contributed by atoms with Crippen molar-refractivity contribution in [2.45, 2.75) is 19.4 Å². The molecule has 0 saturated carbocycles. The Kier molecular flexibility index (Phi) is 3.20. The highest BCUT2D eigenvalue weighted by atomic mass is 28.3. The van der Waals surface area contributed by atoms with E-state index >= 15 is 0 Å². The molecular weight excluding hydrogens is 109 g/mol.